The van der Waals surface area contributed by atoms with Crippen molar-refractivity contribution in [3.05, 3.63) is 39.9 Å². The number of non-ortho nitro benzene ring substituents is 1. The fourth-order valence-electron chi connectivity index (χ4n) is 2.26. The number of nitro groups is 1. The standard InChI is InChI=1S/C15H17NO7/c1-9(17)8-12(13(14(18)22-2)15(19)23-3)10-4-6-11(7-5-10)16(20)21/h4-7,12-13H,8H2,1-3H3/t12-/m1/s1. The van der Waals surface area contributed by atoms with Crippen molar-refractivity contribution in [2.45, 2.75) is 19.3 Å². The number of esters is 2. The van der Waals surface area contributed by atoms with Crippen LogP contribution in [-0.4, -0.2) is 36.9 Å². The lowest BCUT2D eigenvalue weighted by Crippen LogP contribution is -2.33. The molecule has 0 amide bonds. The third-order valence-corrected chi connectivity index (χ3v) is 3.35. The number of Topliss-reactive ketones (excluding diaryl/α,β-unsaturated/α-hetero) is 1. The van der Waals surface area contributed by atoms with Gasteiger partial charge in [0.1, 0.15) is 5.78 Å². The zero-order valence-electron chi connectivity index (χ0n) is 13.0. The molecule has 1 aromatic rings. The first kappa shape index (κ1) is 18.3. The lowest BCUT2D eigenvalue weighted by Gasteiger charge is -2.22. The van der Waals surface area contributed by atoms with Gasteiger partial charge in [0.25, 0.3) is 5.69 Å². The molecule has 0 unspecified atom stereocenters. The average molecular weight is 323 g/mol. The number of nitro benzene ring substituents is 1. The van der Waals surface area contributed by atoms with E-state index in [1.54, 1.807) is 0 Å². The Balaban J connectivity index is 3.29. The summed E-state index contributed by atoms with van der Waals surface area (Å²) in [5.74, 6) is -4.06. The van der Waals surface area contributed by atoms with E-state index in [1.165, 1.54) is 31.2 Å². The quantitative estimate of drug-likeness (QED) is 0.324. The van der Waals surface area contributed by atoms with Crippen LogP contribution in [0, 0.1) is 16.0 Å². The molecule has 0 aliphatic heterocycles. The van der Waals surface area contributed by atoms with E-state index >= 15 is 0 Å². The van der Waals surface area contributed by atoms with Crippen LogP contribution in [0.4, 0.5) is 5.69 Å². The maximum absolute atomic E-state index is 11.9. The molecule has 0 bridgehead atoms. The van der Waals surface area contributed by atoms with Gasteiger partial charge in [-0.25, -0.2) is 0 Å². The summed E-state index contributed by atoms with van der Waals surface area (Å²) in [5.41, 5.74) is 0.301. The molecule has 0 fully saturated rings. The number of carbonyl (C=O) groups is 3. The maximum Gasteiger partial charge on any atom is 0.320 e. The van der Waals surface area contributed by atoms with Gasteiger partial charge in [-0.2, -0.15) is 0 Å². The van der Waals surface area contributed by atoms with E-state index in [0.29, 0.717) is 5.56 Å². The van der Waals surface area contributed by atoms with Crippen LogP contribution in [0.3, 0.4) is 0 Å². The first-order valence-electron chi connectivity index (χ1n) is 6.71. The van der Waals surface area contributed by atoms with Gasteiger partial charge in [-0.3, -0.25) is 19.7 Å². The lowest BCUT2D eigenvalue weighted by atomic mass is 9.82. The number of rotatable bonds is 7. The van der Waals surface area contributed by atoms with E-state index in [-0.39, 0.29) is 17.9 Å². The summed E-state index contributed by atoms with van der Waals surface area (Å²) in [4.78, 5) is 45.5. The number of methoxy groups -OCH3 is 2. The molecular formula is C15H17NO7. The minimum Gasteiger partial charge on any atom is -0.468 e. The molecular weight excluding hydrogens is 306 g/mol. The normalized spacial score (nSPS) is 11.7. The molecule has 1 rings (SSSR count). The molecule has 124 valence electrons. The lowest BCUT2D eigenvalue weighted by molar-refractivity contribution is -0.384. The van der Waals surface area contributed by atoms with Crippen molar-refractivity contribution in [2.24, 2.45) is 5.92 Å². The molecule has 0 aliphatic carbocycles. The van der Waals surface area contributed by atoms with Crippen LogP contribution in [0.25, 0.3) is 0 Å². The zero-order valence-corrected chi connectivity index (χ0v) is 13.0. The van der Waals surface area contributed by atoms with Crippen LogP contribution in [0.1, 0.15) is 24.8 Å². The van der Waals surface area contributed by atoms with Crippen molar-refractivity contribution < 1.29 is 28.8 Å². The molecule has 1 aromatic carbocycles. The number of nitrogens with zero attached hydrogens (tertiary/aromatic N) is 1. The molecule has 0 radical (unpaired) electrons. The Morgan fingerprint density at radius 2 is 1.57 bits per heavy atom. The fraction of sp³-hybridized carbons (Fsp3) is 0.400. The van der Waals surface area contributed by atoms with E-state index in [1.807, 2.05) is 0 Å². The second-order valence-corrected chi connectivity index (χ2v) is 4.89. The second-order valence-electron chi connectivity index (χ2n) is 4.89. The van der Waals surface area contributed by atoms with E-state index in [2.05, 4.69) is 9.47 Å². The number of hydrogen-bond acceptors (Lipinski definition) is 7. The zero-order chi connectivity index (χ0) is 17.6. The van der Waals surface area contributed by atoms with Gasteiger partial charge in [0.15, 0.2) is 5.92 Å². The van der Waals surface area contributed by atoms with Crippen LogP contribution < -0.4 is 0 Å². The molecule has 0 aliphatic rings. The minimum atomic E-state index is -1.32. The average Bonchev–Trinajstić information content (AvgIpc) is 2.53. The van der Waals surface area contributed by atoms with Crippen molar-refractivity contribution in [3.63, 3.8) is 0 Å². The van der Waals surface area contributed by atoms with Gasteiger partial charge >= 0.3 is 11.9 Å². The van der Waals surface area contributed by atoms with E-state index in [9.17, 15) is 24.5 Å². The van der Waals surface area contributed by atoms with E-state index in [0.717, 1.165) is 14.2 Å². The fourth-order valence-corrected chi connectivity index (χ4v) is 2.26. The van der Waals surface area contributed by atoms with Gasteiger partial charge in [-0.15, -0.1) is 0 Å². The topological polar surface area (TPSA) is 113 Å². The summed E-state index contributed by atoms with van der Waals surface area (Å²) >= 11 is 0. The van der Waals surface area contributed by atoms with Crippen LogP contribution >= 0.6 is 0 Å². The highest BCUT2D eigenvalue weighted by Crippen LogP contribution is 2.31. The molecule has 0 aromatic heterocycles. The first-order valence-corrected chi connectivity index (χ1v) is 6.71. The predicted octanol–water partition coefficient (Wildman–Crippen LogP) is 1.62. The molecule has 0 saturated heterocycles. The van der Waals surface area contributed by atoms with Crippen LogP contribution in [0.2, 0.25) is 0 Å². The van der Waals surface area contributed by atoms with Gasteiger partial charge in [0, 0.05) is 24.5 Å². The third kappa shape index (κ3) is 4.60. The van der Waals surface area contributed by atoms with Gasteiger partial charge < -0.3 is 14.3 Å². The van der Waals surface area contributed by atoms with E-state index in [4.69, 9.17) is 0 Å². The van der Waals surface area contributed by atoms with Crippen LogP contribution in [-0.2, 0) is 23.9 Å². The molecule has 1 atom stereocenters. The molecule has 0 N–H and O–H groups in total. The Morgan fingerprint density at radius 1 is 1.09 bits per heavy atom. The number of carbonyl (C=O) groups excluding carboxylic acids is 3. The molecule has 0 heterocycles. The molecule has 8 heteroatoms. The number of hydrogen-bond donors (Lipinski definition) is 0. The van der Waals surface area contributed by atoms with Crippen molar-refractivity contribution >= 4 is 23.4 Å². The van der Waals surface area contributed by atoms with Gasteiger partial charge in [0.05, 0.1) is 19.1 Å². The Labute approximate surface area is 132 Å². The summed E-state index contributed by atoms with van der Waals surface area (Å²) in [6, 6.07) is 5.30. The SMILES string of the molecule is COC(=O)C(C(=O)OC)[C@H](CC(C)=O)c1ccc([N+](=O)[O-])cc1. The van der Waals surface area contributed by atoms with E-state index < -0.39 is 28.7 Å². The molecule has 0 spiro atoms. The van der Waals surface area contributed by atoms with Gasteiger partial charge in [-0.05, 0) is 12.5 Å². The van der Waals surface area contributed by atoms with Crippen molar-refractivity contribution in [1.82, 2.24) is 0 Å². The summed E-state index contributed by atoms with van der Waals surface area (Å²) in [6.45, 7) is 1.32. The van der Waals surface area contributed by atoms with Crippen molar-refractivity contribution in [1.29, 1.82) is 0 Å². The molecule has 23 heavy (non-hydrogen) atoms. The highest BCUT2D eigenvalue weighted by atomic mass is 16.6. The first-order chi connectivity index (χ1) is 10.8. The second kappa shape index (κ2) is 8.02. The van der Waals surface area contributed by atoms with Crippen LogP contribution in [0.5, 0.6) is 0 Å². The Hall–Kier alpha value is -2.77. The highest BCUT2D eigenvalue weighted by molar-refractivity contribution is 5.96. The Morgan fingerprint density at radius 3 is 1.91 bits per heavy atom. The number of ketones is 1. The Kier molecular flexibility index (Phi) is 6.37. The summed E-state index contributed by atoms with van der Waals surface area (Å²) in [5, 5.41) is 10.7. The summed E-state index contributed by atoms with van der Waals surface area (Å²) in [6.07, 6.45) is -0.104. The van der Waals surface area contributed by atoms with Crippen molar-refractivity contribution in [2.75, 3.05) is 14.2 Å². The minimum absolute atomic E-state index is 0.104. The monoisotopic (exact) mass is 323 g/mol. The summed E-state index contributed by atoms with van der Waals surface area (Å²) < 4.78 is 9.24. The molecule has 8 nitrogen and oxygen atoms in total. The number of ether oxygens (including phenoxy) is 2. The van der Waals surface area contributed by atoms with Gasteiger partial charge in [0.2, 0.25) is 0 Å². The maximum atomic E-state index is 11.9. The van der Waals surface area contributed by atoms with Gasteiger partial charge in [-0.1, -0.05) is 12.1 Å². The predicted molar refractivity (Wildman–Crippen MR) is 78.7 cm³/mol. The smallest absolute Gasteiger partial charge is 0.320 e. The third-order valence-electron chi connectivity index (χ3n) is 3.35. The number of benzene rings is 1. The highest BCUT2D eigenvalue weighted by Gasteiger charge is 2.38. The largest absolute Gasteiger partial charge is 0.468 e. The summed E-state index contributed by atoms with van der Waals surface area (Å²) in [7, 11) is 2.25. The van der Waals surface area contributed by atoms with Crippen molar-refractivity contribution in [3.8, 4) is 0 Å². The molecule has 0 saturated carbocycles. The Bertz CT molecular complexity index is 593. The van der Waals surface area contributed by atoms with Crippen LogP contribution in [0.15, 0.2) is 24.3 Å².